The lowest BCUT2D eigenvalue weighted by atomic mass is 10.2. The van der Waals surface area contributed by atoms with Crippen molar-refractivity contribution in [2.45, 2.75) is 26.5 Å². The minimum absolute atomic E-state index is 0.103. The summed E-state index contributed by atoms with van der Waals surface area (Å²) in [6.07, 6.45) is 0. The highest BCUT2D eigenvalue weighted by atomic mass is 16.3. The summed E-state index contributed by atoms with van der Waals surface area (Å²) >= 11 is 0. The van der Waals surface area contributed by atoms with Crippen molar-refractivity contribution < 1.29 is 9.90 Å². The number of anilines is 1. The molecule has 0 radical (unpaired) electrons. The van der Waals surface area contributed by atoms with Crippen molar-refractivity contribution in [3.8, 4) is 0 Å². The molecule has 102 valence electrons. The maximum Gasteiger partial charge on any atom is 0.242 e. The molecule has 0 bridgehead atoms. The van der Waals surface area contributed by atoms with Crippen LogP contribution in [0.4, 0.5) is 5.69 Å². The number of amides is 1. The molecule has 6 heteroatoms. The zero-order valence-corrected chi connectivity index (χ0v) is 11.1. The van der Waals surface area contributed by atoms with Crippen LogP contribution in [0.3, 0.4) is 0 Å². The average molecular weight is 262 g/mol. The van der Waals surface area contributed by atoms with Crippen molar-refractivity contribution in [1.82, 2.24) is 14.9 Å². The molecule has 6 nitrogen and oxygen atoms in total. The van der Waals surface area contributed by atoms with Crippen molar-refractivity contribution in [1.29, 1.82) is 0 Å². The lowest BCUT2D eigenvalue weighted by Crippen LogP contribution is -2.31. The number of rotatable bonds is 4. The number of benzene rings is 1. The number of nitrogen functional groups attached to an aromatic ring is 1. The largest absolute Gasteiger partial charge is 0.399 e. The Morgan fingerprint density at radius 3 is 2.95 bits per heavy atom. The quantitative estimate of drug-likeness (QED) is 0.711. The minimum Gasteiger partial charge on any atom is -0.399 e. The zero-order valence-electron chi connectivity index (χ0n) is 11.1. The molecule has 1 amide bonds. The highest BCUT2D eigenvalue weighted by Gasteiger charge is 2.20. The monoisotopic (exact) mass is 262 g/mol. The van der Waals surface area contributed by atoms with E-state index in [-0.39, 0.29) is 12.5 Å². The third kappa shape index (κ3) is 2.39. The second-order valence-corrected chi connectivity index (χ2v) is 4.37. The predicted molar refractivity (Wildman–Crippen MR) is 73.5 cm³/mol. The van der Waals surface area contributed by atoms with Gasteiger partial charge in [0.25, 0.3) is 0 Å². The fourth-order valence-electron chi connectivity index (χ4n) is 2.15. The number of imidazole rings is 1. The van der Waals surface area contributed by atoms with E-state index in [1.54, 1.807) is 23.6 Å². The number of aliphatic hydroxyl groups excluding tert-OH is 1. The molecule has 4 N–H and O–H groups in total. The van der Waals surface area contributed by atoms with E-state index in [0.717, 1.165) is 5.52 Å². The van der Waals surface area contributed by atoms with Gasteiger partial charge in [-0.15, -0.1) is 0 Å². The van der Waals surface area contributed by atoms with E-state index in [9.17, 15) is 9.90 Å². The van der Waals surface area contributed by atoms with Crippen molar-refractivity contribution in [3.63, 3.8) is 0 Å². The van der Waals surface area contributed by atoms with E-state index in [1.807, 2.05) is 13.0 Å². The van der Waals surface area contributed by atoms with E-state index in [0.29, 0.717) is 23.6 Å². The van der Waals surface area contributed by atoms with E-state index in [4.69, 9.17) is 5.73 Å². The molecular weight excluding hydrogens is 244 g/mol. The molecule has 0 spiro atoms. The standard InChI is InChI=1S/C13H18N4O2/c1-3-15-13(19)8(2)17-11-5-4-9(14)6-10(11)16-12(17)7-18/h4-6,8,18H,3,7,14H2,1-2H3,(H,15,19). The Bertz CT molecular complexity index is 606. The van der Waals surface area contributed by atoms with Gasteiger partial charge in [-0.2, -0.15) is 0 Å². The van der Waals surface area contributed by atoms with Crippen LogP contribution in [0.2, 0.25) is 0 Å². The van der Waals surface area contributed by atoms with Gasteiger partial charge in [-0.3, -0.25) is 4.79 Å². The third-order valence-electron chi connectivity index (χ3n) is 3.05. The first-order valence-electron chi connectivity index (χ1n) is 6.23. The summed E-state index contributed by atoms with van der Waals surface area (Å²) in [6.45, 7) is 3.99. The van der Waals surface area contributed by atoms with Crippen molar-refractivity contribution in [2.24, 2.45) is 0 Å². The van der Waals surface area contributed by atoms with Crippen LogP contribution in [0.25, 0.3) is 11.0 Å². The van der Waals surface area contributed by atoms with Gasteiger partial charge in [0.05, 0.1) is 11.0 Å². The molecule has 1 aromatic heterocycles. The van der Waals surface area contributed by atoms with Gasteiger partial charge >= 0.3 is 0 Å². The van der Waals surface area contributed by atoms with Gasteiger partial charge in [-0.25, -0.2) is 4.98 Å². The number of fused-ring (bicyclic) bond motifs is 1. The molecule has 2 rings (SSSR count). The Kier molecular flexibility index (Phi) is 3.71. The molecular formula is C13H18N4O2. The Morgan fingerprint density at radius 2 is 2.32 bits per heavy atom. The van der Waals surface area contributed by atoms with Crippen LogP contribution in [0, 0.1) is 0 Å². The first kappa shape index (κ1) is 13.4. The number of nitrogens with two attached hydrogens (primary N) is 1. The number of carbonyl (C=O) groups is 1. The van der Waals surface area contributed by atoms with Gasteiger partial charge in [0.15, 0.2) is 0 Å². The molecule has 2 aromatic rings. The molecule has 0 saturated heterocycles. The number of nitrogens with zero attached hydrogens (tertiary/aromatic N) is 2. The summed E-state index contributed by atoms with van der Waals surface area (Å²) in [5.41, 5.74) is 7.79. The molecule has 1 atom stereocenters. The summed E-state index contributed by atoms with van der Waals surface area (Å²) in [7, 11) is 0. The molecule has 1 aromatic carbocycles. The predicted octanol–water partition coefficient (Wildman–Crippen LogP) is 0.808. The second kappa shape index (κ2) is 5.27. The Labute approximate surface area is 111 Å². The highest BCUT2D eigenvalue weighted by molar-refractivity contribution is 5.85. The fraction of sp³-hybridized carbons (Fsp3) is 0.385. The number of nitrogens with one attached hydrogen (secondary N) is 1. The SMILES string of the molecule is CCNC(=O)C(C)n1c(CO)nc2cc(N)ccc21. The van der Waals surface area contributed by atoms with E-state index in [2.05, 4.69) is 10.3 Å². The van der Waals surface area contributed by atoms with E-state index >= 15 is 0 Å². The van der Waals surface area contributed by atoms with Crippen LogP contribution in [-0.4, -0.2) is 27.1 Å². The number of hydrogen-bond donors (Lipinski definition) is 3. The molecule has 19 heavy (non-hydrogen) atoms. The van der Waals surface area contributed by atoms with Crippen LogP contribution >= 0.6 is 0 Å². The van der Waals surface area contributed by atoms with E-state index < -0.39 is 6.04 Å². The average Bonchev–Trinajstić information content (AvgIpc) is 2.75. The third-order valence-corrected chi connectivity index (χ3v) is 3.05. The Morgan fingerprint density at radius 1 is 1.58 bits per heavy atom. The number of aliphatic hydroxyl groups is 1. The maximum atomic E-state index is 12.0. The Hall–Kier alpha value is -2.08. The fourth-order valence-corrected chi connectivity index (χ4v) is 2.15. The number of carbonyl (C=O) groups excluding carboxylic acids is 1. The summed E-state index contributed by atoms with van der Waals surface area (Å²) in [5, 5.41) is 12.2. The summed E-state index contributed by atoms with van der Waals surface area (Å²) in [4.78, 5) is 16.3. The molecule has 0 aliphatic heterocycles. The molecule has 0 saturated carbocycles. The second-order valence-electron chi connectivity index (χ2n) is 4.37. The summed E-state index contributed by atoms with van der Waals surface area (Å²) < 4.78 is 1.74. The molecule has 1 unspecified atom stereocenters. The van der Waals surface area contributed by atoms with Crippen molar-refractivity contribution in [2.75, 3.05) is 12.3 Å². The lowest BCUT2D eigenvalue weighted by molar-refractivity contribution is -0.123. The maximum absolute atomic E-state index is 12.0. The van der Waals surface area contributed by atoms with Crippen molar-refractivity contribution in [3.05, 3.63) is 24.0 Å². The molecule has 1 heterocycles. The van der Waals surface area contributed by atoms with Gasteiger partial charge in [0.1, 0.15) is 18.5 Å². The number of hydrogen-bond acceptors (Lipinski definition) is 4. The first-order chi connectivity index (χ1) is 9.08. The van der Waals surface area contributed by atoms with E-state index in [1.165, 1.54) is 0 Å². The van der Waals surface area contributed by atoms with Crippen LogP contribution in [0.15, 0.2) is 18.2 Å². The van der Waals surface area contributed by atoms with Crippen molar-refractivity contribution >= 4 is 22.6 Å². The zero-order chi connectivity index (χ0) is 14.0. The summed E-state index contributed by atoms with van der Waals surface area (Å²) in [5.74, 6) is 0.354. The van der Waals surface area contributed by atoms with Gasteiger partial charge in [-0.05, 0) is 32.0 Å². The van der Waals surface area contributed by atoms with Gasteiger partial charge in [0, 0.05) is 12.2 Å². The Balaban J connectivity index is 2.54. The van der Waals surface area contributed by atoms with Crippen LogP contribution in [0.5, 0.6) is 0 Å². The molecule has 0 aliphatic carbocycles. The number of aromatic nitrogens is 2. The molecule has 0 fully saturated rings. The van der Waals surface area contributed by atoms with Crippen LogP contribution < -0.4 is 11.1 Å². The lowest BCUT2D eigenvalue weighted by Gasteiger charge is -2.16. The molecule has 0 aliphatic rings. The minimum atomic E-state index is -0.435. The first-order valence-corrected chi connectivity index (χ1v) is 6.23. The van der Waals surface area contributed by atoms with Gasteiger partial charge in [0.2, 0.25) is 5.91 Å². The van der Waals surface area contributed by atoms with Gasteiger partial charge < -0.3 is 20.7 Å². The summed E-state index contributed by atoms with van der Waals surface area (Å²) in [6, 6.07) is 4.87. The van der Waals surface area contributed by atoms with Crippen LogP contribution in [-0.2, 0) is 11.4 Å². The topological polar surface area (TPSA) is 93.2 Å². The number of likely N-dealkylation sites (N-methyl/N-ethyl adjacent to an activating group) is 1. The van der Waals surface area contributed by atoms with Gasteiger partial charge in [-0.1, -0.05) is 0 Å². The smallest absolute Gasteiger partial charge is 0.242 e. The normalized spacial score (nSPS) is 12.6. The highest BCUT2D eigenvalue weighted by Crippen LogP contribution is 2.23. The van der Waals surface area contributed by atoms with Crippen LogP contribution in [0.1, 0.15) is 25.7 Å².